The molecule has 0 aromatic heterocycles. The van der Waals surface area contributed by atoms with Crippen LogP contribution in [0.2, 0.25) is 0 Å². The van der Waals surface area contributed by atoms with Crippen molar-refractivity contribution >= 4 is 5.91 Å². The molecule has 0 aromatic carbocycles. The Balaban J connectivity index is 3.87. The van der Waals surface area contributed by atoms with Gasteiger partial charge >= 0.3 is 0 Å². The van der Waals surface area contributed by atoms with Gasteiger partial charge in [-0.05, 0) is 6.42 Å². The number of nitrogens with one attached hydrogen (secondary N) is 2. The first-order chi connectivity index (χ1) is 9.74. The summed E-state index contributed by atoms with van der Waals surface area (Å²) in [5, 5.41) is 20.2. The molecule has 0 saturated heterocycles. The highest BCUT2D eigenvalue weighted by atomic mass is 16.6. The molecule has 20 heavy (non-hydrogen) atoms. The third kappa shape index (κ3) is 12.3. The van der Waals surface area contributed by atoms with E-state index in [0.29, 0.717) is 13.2 Å². The van der Waals surface area contributed by atoms with Gasteiger partial charge in [0.1, 0.15) is 0 Å². The molecule has 0 aliphatic rings. The van der Waals surface area contributed by atoms with Crippen molar-refractivity contribution in [2.75, 3.05) is 26.4 Å². The molecule has 1 unspecified atom stereocenters. The molecule has 0 fully saturated rings. The van der Waals surface area contributed by atoms with Gasteiger partial charge in [-0.25, -0.2) is 5.48 Å². The molecule has 0 rings (SSSR count). The van der Waals surface area contributed by atoms with E-state index in [9.17, 15) is 4.79 Å². The van der Waals surface area contributed by atoms with E-state index in [1.165, 1.54) is 19.3 Å². The normalized spacial score (nSPS) is 12.3. The van der Waals surface area contributed by atoms with Gasteiger partial charge in [-0.1, -0.05) is 39.0 Å². The number of hydrogen-bond donors (Lipinski definition) is 4. The molecule has 6 heteroatoms. The van der Waals surface area contributed by atoms with Crippen LogP contribution in [0.3, 0.4) is 0 Å². The second-order valence-corrected chi connectivity index (χ2v) is 4.87. The summed E-state index contributed by atoms with van der Waals surface area (Å²) in [5.74, 6) is -0.156. The molecule has 0 aromatic rings. The number of aliphatic hydroxyl groups excluding tert-OH is 2. The largest absolute Gasteiger partial charge is 0.396 e. The van der Waals surface area contributed by atoms with Crippen molar-refractivity contribution in [3.8, 4) is 0 Å². The number of hydrogen-bond acceptors (Lipinski definition) is 5. The number of unbranched alkanes of at least 4 members (excludes halogenated alkanes) is 4. The van der Waals surface area contributed by atoms with Crippen molar-refractivity contribution in [3.05, 3.63) is 0 Å². The Morgan fingerprint density at radius 3 is 2.55 bits per heavy atom. The molecule has 0 aliphatic carbocycles. The molecule has 6 nitrogen and oxygen atoms in total. The lowest BCUT2D eigenvalue weighted by atomic mass is 10.1. The van der Waals surface area contributed by atoms with Gasteiger partial charge in [-0.2, -0.15) is 0 Å². The highest BCUT2D eigenvalue weighted by molar-refractivity contribution is 5.76. The fourth-order valence-electron chi connectivity index (χ4n) is 1.87. The van der Waals surface area contributed by atoms with Gasteiger partial charge in [-0.15, -0.1) is 0 Å². The van der Waals surface area contributed by atoms with Gasteiger partial charge in [0.05, 0.1) is 25.9 Å². The maximum absolute atomic E-state index is 11.5. The van der Waals surface area contributed by atoms with E-state index in [1.807, 2.05) is 0 Å². The van der Waals surface area contributed by atoms with Crippen LogP contribution in [-0.2, 0) is 9.63 Å². The van der Waals surface area contributed by atoms with Gasteiger partial charge in [0.15, 0.2) is 0 Å². The first-order valence-corrected chi connectivity index (χ1v) is 7.60. The van der Waals surface area contributed by atoms with E-state index in [2.05, 4.69) is 17.7 Å². The Morgan fingerprint density at radius 1 is 1.15 bits per heavy atom. The van der Waals surface area contributed by atoms with Crippen molar-refractivity contribution < 1.29 is 19.8 Å². The third-order valence-electron chi connectivity index (χ3n) is 2.96. The molecule has 0 radical (unpaired) electrons. The minimum absolute atomic E-state index is 0.0125. The van der Waals surface area contributed by atoms with Crippen LogP contribution >= 0.6 is 0 Å². The lowest BCUT2D eigenvalue weighted by Gasteiger charge is -2.18. The number of hydroxylamine groups is 1. The van der Waals surface area contributed by atoms with E-state index >= 15 is 0 Å². The van der Waals surface area contributed by atoms with E-state index in [1.54, 1.807) is 0 Å². The summed E-state index contributed by atoms with van der Waals surface area (Å²) in [4.78, 5) is 16.7. The molecular formula is C14H30N2O4. The van der Waals surface area contributed by atoms with Crippen LogP contribution in [-0.4, -0.2) is 48.5 Å². The SMILES string of the molecule is CCCCCCCC(CONCCO)NC(=O)CCO. The van der Waals surface area contributed by atoms with Crippen molar-refractivity contribution in [1.82, 2.24) is 10.8 Å². The van der Waals surface area contributed by atoms with Crippen LogP contribution in [0, 0.1) is 0 Å². The Morgan fingerprint density at radius 2 is 1.90 bits per heavy atom. The van der Waals surface area contributed by atoms with Crippen LogP contribution in [0.25, 0.3) is 0 Å². The summed E-state index contributed by atoms with van der Waals surface area (Å²) in [6.45, 7) is 2.79. The fourth-order valence-corrected chi connectivity index (χ4v) is 1.87. The maximum Gasteiger partial charge on any atom is 0.222 e. The predicted molar refractivity (Wildman–Crippen MR) is 78.1 cm³/mol. The second-order valence-electron chi connectivity index (χ2n) is 4.87. The van der Waals surface area contributed by atoms with Gasteiger partial charge in [0, 0.05) is 13.0 Å². The Hall–Kier alpha value is -0.690. The van der Waals surface area contributed by atoms with Gasteiger partial charge < -0.3 is 15.5 Å². The average Bonchev–Trinajstić information content (AvgIpc) is 2.43. The zero-order valence-corrected chi connectivity index (χ0v) is 12.6. The quantitative estimate of drug-likeness (QED) is 0.280. The number of carbonyl (C=O) groups is 1. The van der Waals surface area contributed by atoms with Crippen LogP contribution in [0.5, 0.6) is 0 Å². The molecule has 0 bridgehead atoms. The van der Waals surface area contributed by atoms with Crippen LogP contribution < -0.4 is 10.8 Å². The Bertz CT molecular complexity index is 227. The summed E-state index contributed by atoms with van der Waals surface area (Å²) in [7, 11) is 0. The predicted octanol–water partition coefficient (Wildman–Crippen LogP) is 0.728. The average molecular weight is 290 g/mol. The Labute approximate surface area is 121 Å². The van der Waals surface area contributed by atoms with Crippen molar-refractivity contribution in [2.45, 2.75) is 57.9 Å². The molecule has 1 atom stereocenters. The molecule has 1 amide bonds. The minimum Gasteiger partial charge on any atom is -0.396 e. The minimum atomic E-state index is -0.156. The van der Waals surface area contributed by atoms with Crippen molar-refractivity contribution in [2.24, 2.45) is 0 Å². The molecule has 4 N–H and O–H groups in total. The lowest BCUT2D eigenvalue weighted by Crippen LogP contribution is -2.40. The van der Waals surface area contributed by atoms with Crippen LogP contribution in [0.4, 0.5) is 0 Å². The first-order valence-electron chi connectivity index (χ1n) is 7.60. The molecular weight excluding hydrogens is 260 g/mol. The number of rotatable bonds is 14. The van der Waals surface area contributed by atoms with E-state index in [-0.39, 0.29) is 31.6 Å². The molecule has 120 valence electrons. The highest BCUT2D eigenvalue weighted by Crippen LogP contribution is 2.07. The van der Waals surface area contributed by atoms with Gasteiger partial charge in [-0.3, -0.25) is 9.63 Å². The standard InChI is InChI=1S/C14H30N2O4/c1-2-3-4-5-6-7-13(12-20-15-9-11-18)16-14(19)8-10-17/h13,15,17-18H,2-12H2,1H3,(H,16,19). The molecule has 0 spiro atoms. The highest BCUT2D eigenvalue weighted by Gasteiger charge is 2.12. The molecule has 0 aliphatic heterocycles. The summed E-state index contributed by atoms with van der Waals surface area (Å²) < 4.78 is 0. The smallest absolute Gasteiger partial charge is 0.222 e. The zero-order chi connectivity index (χ0) is 15.1. The lowest BCUT2D eigenvalue weighted by molar-refractivity contribution is -0.123. The maximum atomic E-state index is 11.5. The number of aliphatic hydroxyl groups is 2. The summed E-state index contributed by atoms with van der Waals surface area (Å²) in [6, 6.07) is -0.0538. The summed E-state index contributed by atoms with van der Waals surface area (Å²) in [5.41, 5.74) is 2.63. The van der Waals surface area contributed by atoms with Crippen LogP contribution in [0.15, 0.2) is 0 Å². The topological polar surface area (TPSA) is 90.8 Å². The summed E-state index contributed by atoms with van der Waals surface area (Å²) >= 11 is 0. The van der Waals surface area contributed by atoms with Crippen molar-refractivity contribution in [1.29, 1.82) is 0 Å². The van der Waals surface area contributed by atoms with Gasteiger partial charge in [0.2, 0.25) is 5.91 Å². The monoisotopic (exact) mass is 290 g/mol. The van der Waals surface area contributed by atoms with E-state index in [4.69, 9.17) is 15.1 Å². The number of amides is 1. The summed E-state index contributed by atoms with van der Waals surface area (Å²) in [6.07, 6.45) is 6.87. The molecule has 0 saturated carbocycles. The van der Waals surface area contributed by atoms with Crippen LogP contribution in [0.1, 0.15) is 51.9 Å². The van der Waals surface area contributed by atoms with Crippen molar-refractivity contribution in [3.63, 3.8) is 0 Å². The zero-order valence-electron chi connectivity index (χ0n) is 12.6. The second kappa shape index (κ2) is 14.7. The first kappa shape index (κ1) is 19.3. The number of carbonyl (C=O) groups excluding carboxylic acids is 1. The van der Waals surface area contributed by atoms with E-state index in [0.717, 1.165) is 19.3 Å². The van der Waals surface area contributed by atoms with Gasteiger partial charge in [0.25, 0.3) is 0 Å². The molecule has 0 heterocycles. The Kier molecular flexibility index (Phi) is 14.2. The third-order valence-corrected chi connectivity index (χ3v) is 2.96. The van der Waals surface area contributed by atoms with E-state index < -0.39 is 0 Å². The fraction of sp³-hybridized carbons (Fsp3) is 0.929.